The fourth-order valence-corrected chi connectivity index (χ4v) is 4.25. The molecule has 3 heterocycles. The van der Waals surface area contributed by atoms with Gasteiger partial charge in [0.25, 0.3) is 5.65 Å². The van der Waals surface area contributed by atoms with E-state index in [-0.39, 0.29) is 0 Å². The molecule has 32 heavy (non-hydrogen) atoms. The van der Waals surface area contributed by atoms with Crippen molar-refractivity contribution in [2.24, 2.45) is 0 Å². The minimum Gasteiger partial charge on any atom is -0.188 e. The molecule has 3 aromatic carbocycles. The number of aromatic nitrogens is 4. The second kappa shape index (κ2) is 7.43. The summed E-state index contributed by atoms with van der Waals surface area (Å²) in [6, 6.07) is 37.5. The standard InChI is InChI=1S/C28H21N4/c1-20-17-24(21-11-5-2-6-12-21)18-27-30-32-26(23-15-9-4-10-16-23)19-25(29-28(32)31(20)27)22-13-7-3-8-14-22/h2-19H,1H3/q+1. The molecule has 0 bridgehead atoms. The van der Waals surface area contributed by atoms with Crippen molar-refractivity contribution in [1.82, 2.24) is 14.6 Å². The van der Waals surface area contributed by atoms with Crippen LogP contribution in [-0.2, 0) is 0 Å². The third-order valence-corrected chi connectivity index (χ3v) is 5.79. The second-order valence-corrected chi connectivity index (χ2v) is 7.92. The van der Waals surface area contributed by atoms with Crippen LogP contribution in [0.5, 0.6) is 0 Å². The Morgan fingerprint density at radius 3 is 1.88 bits per heavy atom. The maximum absolute atomic E-state index is 5.05. The maximum Gasteiger partial charge on any atom is 0.393 e. The van der Waals surface area contributed by atoms with Gasteiger partial charge >= 0.3 is 5.78 Å². The molecule has 4 heteroatoms. The van der Waals surface area contributed by atoms with Gasteiger partial charge in [-0.2, -0.15) is 4.40 Å². The zero-order valence-electron chi connectivity index (χ0n) is 17.7. The Balaban J connectivity index is 1.68. The van der Waals surface area contributed by atoms with Crippen LogP contribution in [0.3, 0.4) is 0 Å². The largest absolute Gasteiger partial charge is 0.393 e. The maximum atomic E-state index is 5.05. The summed E-state index contributed by atoms with van der Waals surface area (Å²) in [5.74, 6) is 0.803. The van der Waals surface area contributed by atoms with E-state index < -0.39 is 0 Å². The van der Waals surface area contributed by atoms with Gasteiger partial charge in [0.2, 0.25) is 0 Å². The number of fused-ring (bicyclic) bond motifs is 3. The first-order chi connectivity index (χ1) is 15.8. The lowest BCUT2D eigenvalue weighted by molar-refractivity contribution is -0.493. The van der Waals surface area contributed by atoms with Gasteiger partial charge in [0.05, 0.1) is 5.69 Å². The molecule has 4 nitrogen and oxygen atoms in total. The number of hydrogen-bond donors (Lipinski definition) is 0. The van der Waals surface area contributed by atoms with Gasteiger partial charge in [-0.05, 0) is 24.1 Å². The van der Waals surface area contributed by atoms with E-state index in [1.54, 1.807) is 0 Å². The lowest BCUT2D eigenvalue weighted by Gasteiger charge is -2.04. The van der Waals surface area contributed by atoms with Crippen LogP contribution in [-0.4, -0.2) is 14.6 Å². The molecule has 0 radical (unpaired) electrons. The number of benzene rings is 3. The van der Waals surface area contributed by atoms with Gasteiger partial charge in [0.15, 0.2) is 0 Å². The molecular formula is C28H21N4+. The molecule has 0 spiro atoms. The predicted octanol–water partition coefficient (Wildman–Crippen LogP) is 5.78. The molecule has 6 aromatic rings. The fraction of sp³-hybridized carbons (Fsp3) is 0.0357. The van der Waals surface area contributed by atoms with E-state index in [1.165, 1.54) is 5.56 Å². The summed E-state index contributed by atoms with van der Waals surface area (Å²) >= 11 is 0. The lowest BCUT2D eigenvalue weighted by atomic mass is 10.1. The molecule has 0 amide bonds. The van der Waals surface area contributed by atoms with Crippen molar-refractivity contribution in [3.05, 3.63) is 115 Å². The van der Waals surface area contributed by atoms with Crippen molar-refractivity contribution >= 4 is 11.4 Å². The Labute approximate surface area is 186 Å². The molecule has 0 aliphatic carbocycles. The summed E-state index contributed by atoms with van der Waals surface area (Å²) in [6.45, 7) is 2.11. The SMILES string of the molecule is Cc1cc(-c2ccccc2)cc2nn3c(-c4ccccc4)cc(-c4ccccc4)nc3[n+]12. The highest BCUT2D eigenvalue weighted by atomic mass is 15.4. The van der Waals surface area contributed by atoms with E-state index in [1.807, 2.05) is 34.8 Å². The van der Waals surface area contributed by atoms with Crippen LogP contribution in [0.2, 0.25) is 0 Å². The van der Waals surface area contributed by atoms with Crippen LogP contribution < -0.4 is 4.40 Å². The Hall–Kier alpha value is -4.31. The number of rotatable bonds is 3. The van der Waals surface area contributed by atoms with Crippen molar-refractivity contribution in [2.45, 2.75) is 6.92 Å². The minimum atomic E-state index is 0.803. The molecule has 0 aliphatic heterocycles. The van der Waals surface area contributed by atoms with Crippen LogP contribution in [0.1, 0.15) is 5.69 Å². The van der Waals surface area contributed by atoms with Gasteiger partial charge in [0, 0.05) is 28.4 Å². The van der Waals surface area contributed by atoms with E-state index in [4.69, 9.17) is 10.1 Å². The molecular weight excluding hydrogens is 392 g/mol. The van der Waals surface area contributed by atoms with Gasteiger partial charge in [-0.25, -0.2) is 0 Å². The van der Waals surface area contributed by atoms with Crippen LogP contribution in [0.25, 0.3) is 45.1 Å². The molecule has 3 aromatic heterocycles. The first-order valence-corrected chi connectivity index (χ1v) is 10.7. The highest BCUT2D eigenvalue weighted by molar-refractivity contribution is 5.71. The van der Waals surface area contributed by atoms with Crippen molar-refractivity contribution in [3.8, 4) is 33.6 Å². The van der Waals surface area contributed by atoms with Crippen LogP contribution in [0.4, 0.5) is 0 Å². The number of nitrogens with zero attached hydrogens (tertiary/aromatic N) is 4. The van der Waals surface area contributed by atoms with Crippen molar-refractivity contribution < 1.29 is 4.40 Å². The van der Waals surface area contributed by atoms with Gasteiger partial charge in [-0.15, -0.1) is 4.98 Å². The summed E-state index contributed by atoms with van der Waals surface area (Å²) in [7, 11) is 0. The smallest absolute Gasteiger partial charge is 0.188 e. The van der Waals surface area contributed by atoms with E-state index >= 15 is 0 Å². The van der Waals surface area contributed by atoms with Gasteiger partial charge in [-0.3, -0.25) is 0 Å². The molecule has 152 valence electrons. The average Bonchev–Trinajstić information content (AvgIpc) is 3.24. The molecule has 6 rings (SSSR count). The van der Waals surface area contributed by atoms with Gasteiger partial charge in [-0.1, -0.05) is 95.5 Å². The zero-order chi connectivity index (χ0) is 21.5. The Morgan fingerprint density at radius 1 is 0.625 bits per heavy atom. The van der Waals surface area contributed by atoms with E-state index in [0.29, 0.717) is 0 Å². The third kappa shape index (κ3) is 3.05. The first-order valence-electron chi connectivity index (χ1n) is 10.7. The van der Waals surface area contributed by atoms with Gasteiger partial charge < -0.3 is 0 Å². The Bertz CT molecular complexity index is 1550. The molecule has 0 saturated carbocycles. The zero-order valence-corrected chi connectivity index (χ0v) is 17.7. The predicted molar refractivity (Wildman–Crippen MR) is 127 cm³/mol. The second-order valence-electron chi connectivity index (χ2n) is 7.92. The van der Waals surface area contributed by atoms with E-state index in [2.05, 4.69) is 90.2 Å². The highest BCUT2D eigenvalue weighted by Gasteiger charge is 2.23. The Kier molecular flexibility index (Phi) is 4.29. The monoisotopic (exact) mass is 413 g/mol. The summed E-state index contributed by atoms with van der Waals surface area (Å²) in [6.07, 6.45) is 0. The lowest BCUT2D eigenvalue weighted by Crippen LogP contribution is -2.26. The molecule has 0 N–H and O–H groups in total. The van der Waals surface area contributed by atoms with Crippen molar-refractivity contribution in [3.63, 3.8) is 0 Å². The molecule has 0 unspecified atom stereocenters. The average molecular weight is 414 g/mol. The number of hydrogen-bond acceptors (Lipinski definition) is 2. The summed E-state index contributed by atoms with van der Waals surface area (Å²) in [5, 5.41) is 4.99. The normalized spacial score (nSPS) is 11.3. The molecule has 0 atom stereocenters. The summed E-state index contributed by atoms with van der Waals surface area (Å²) < 4.78 is 4.09. The van der Waals surface area contributed by atoms with Crippen molar-refractivity contribution in [2.75, 3.05) is 0 Å². The highest BCUT2D eigenvalue weighted by Crippen LogP contribution is 2.27. The number of aryl methyl sites for hydroxylation is 1. The van der Waals surface area contributed by atoms with E-state index in [9.17, 15) is 0 Å². The van der Waals surface area contributed by atoms with Crippen LogP contribution in [0, 0.1) is 6.92 Å². The molecule has 0 saturated heterocycles. The van der Waals surface area contributed by atoms with Gasteiger partial charge in [0.1, 0.15) is 11.4 Å². The number of pyridine rings is 1. The molecule has 0 aliphatic rings. The summed E-state index contributed by atoms with van der Waals surface area (Å²) in [5.41, 5.74) is 8.42. The first kappa shape index (κ1) is 18.5. The van der Waals surface area contributed by atoms with E-state index in [0.717, 1.165) is 45.2 Å². The minimum absolute atomic E-state index is 0.803. The Morgan fingerprint density at radius 2 is 1.22 bits per heavy atom. The topological polar surface area (TPSA) is 34.3 Å². The van der Waals surface area contributed by atoms with Crippen LogP contribution in [0.15, 0.2) is 109 Å². The summed E-state index contributed by atoms with van der Waals surface area (Å²) in [4.78, 5) is 5.05. The molecule has 0 fully saturated rings. The van der Waals surface area contributed by atoms with Crippen LogP contribution >= 0.6 is 0 Å². The van der Waals surface area contributed by atoms with Crippen molar-refractivity contribution in [1.29, 1.82) is 0 Å². The quantitative estimate of drug-likeness (QED) is 0.345. The third-order valence-electron chi connectivity index (χ3n) is 5.79. The fourth-order valence-electron chi connectivity index (χ4n) is 4.25.